The van der Waals surface area contributed by atoms with E-state index in [1.54, 1.807) is 0 Å². The van der Waals surface area contributed by atoms with Crippen molar-refractivity contribution < 1.29 is 33.6 Å². The zero-order valence-corrected chi connectivity index (χ0v) is 18.9. The molecule has 7 nitrogen and oxygen atoms in total. The average Bonchev–Trinajstić information content (AvgIpc) is 2.67. The standard InChI is InChI=1S/C23H42O7/c1-19(2)12-9-7-5-3-4-6-8-10-15-27-16-17-28-23(26)30-21-14-11-13-20(18-21)29-22(24)25/h19-21H,3-18H2,1-2H3,(H,24,25). The molecule has 7 heteroatoms. The second-order valence-electron chi connectivity index (χ2n) is 8.63. The minimum atomic E-state index is -1.29. The highest BCUT2D eigenvalue weighted by Crippen LogP contribution is 2.24. The van der Waals surface area contributed by atoms with E-state index < -0.39 is 18.4 Å². The fourth-order valence-corrected chi connectivity index (χ4v) is 3.73. The molecule has 1 aliphatic carbocycles. The largest absolute Gasteiger partial charge is 0.508 e. The number of ether oxygens (including phenoxy) is 4. The first kappa shape index (κ1) is 26.5. The van der Waals surface area contributed by atoms with Crippen molar-refractivity contribution in [3.63, 3.8) is 0 Å². The van der Waals surface area contributed by atoms with Crippen LogP contribution in [0.15, 0.2) is 0 Å². The van der Waals surface area contributed by atoms with Gasteiger partial charge in [-0.2, -0.15) is 0 Å². The van der Waals surface area contributed by atoms with E-state index in [9.17, 15) is 9.59 Å². The maximum atomic E-state index is 11.7. The molecular formula is C23H42O7. The van der Waals surface area contributed by atoms with Gasteiger partial charge in [0.2, 0.25) is 0 Å². The Morgan fingerprint density at radius 1 is 0.833 bits per heavy atom. The first-order valence-corrected chi connectivity index (χ1v) is 11.8. The molecule has 1 fully saturated rings. The Bertz CT molecular complexity index is 453. The molecule has 1 aliphatic rings. The fraction of sp³-hybridized carbons (Fsp3) is 0.913. The van der Waals surface area contributed by atoms with E-state index >= 15 is 0 Å². The summed E-state index contributed by atoms with van der Waals surface area (Å²) in [4.78, 5) is 22.3. The number of unbranched alkanes of at least 4 members (excludes halogenated alkanes) is 7. The summed E-state index contributed by atoms with van der Waals surface area (Å²) in [5, 5.41) is 8.67. The van der Waals surface area contributed by atoms with Crippen molar-refractivity contribution in [2.75, 3.05) is 19.8 Å². The summed E-state index contributed by atoms with van der Waals surface area (Å²) >= 11 is 0. The van der Waals surface area contributed by atoms with Crippen LogP contribution in [0.1, 0.15) is 97.3 Å². The Labute approximate surface area is 181 Å². The lowest BCUT2D eigenvalue weighted by molar-refractivity contribution is -0.0330. The summed E-state index contributed by atoms with van der Waals surface area (Å²) < 4.78 is 20.5. The van der Waals surface area contributed by atoms with Crippen LogP contribution in [0.5, 0.6) is 0 Å². The number of carboxylic acid groups (broad SMARTS) is 1. The average molecular weight is 431 g/mol. The molecule has 0 amide bonds. The van der Waals surface area contributed by atoms with Crippen LogP contribution in [0.4, 0.5) is 9.59 Å². The van der Waals surface area contributed by atoms with Gasteiger partial charge in [-0.05, 0) is 31.6 Å². The van der Waals surface area contributed by atoms with E-state index in [1.165, 1.54) is 51.4 Å². The van der Waals surface area contributed by atoms with E-state index in [0.29, 0.717) is 32.5 Å². The lowest BCUT2D eigenvalue weighted by Crippen LogP contribution is -2.31. The summed E-state index contributed by atoms with van der Waals surface area (Å²) in [5.41, 5.74) is 0. The van der Waals surface area contributed by atoms with E-state index in [2.05, 4.69) is 13.8 Å². The Morgan fingerprint density at radius 2 is 1.43 bits per heavy atom. The van der Waals surface area contributed by atoms with Crippen molar-refractivity contribution in [2.24, 2.45) is 5.92 Å². The SMILES string of the molecule is CC(C)CCCCCCCCCCOCCOC(=O)OC1CCCC(OC(=O)O)C1. The third-order valence-electron chi connectivity index (χ3n) is 5.38. The fourth-order valence-electron chi connectivity index (χ4n) is 3.73. The molecule has 0 aromatic heterocycles. The van der Waals surface area contributed by atoms with Gasteiger partial charge in [0.05, 0.1) is 6.61 Å². The summed E-state index contributed by atoms with van der Waals surface area (Å²) in [6.07, 6.45) is 11.2. The molecule has 0 aromatic carbocycles. The Morgan fingerprint density at radius 3 is 2.07 bits per heavy atom. The van der Waals surface area contributed by atoms with Gasteiger partial charge in [0.25, 0.3) is 0 Å². The molecule has 176 valence electrons. The van der Waals surface area contributed by atoms with Crippen molar-refractivity contribution in [1.82, 2.24) is 0 Å². The van der Waals surface area contributed by atoms with E-state index in [4.69, 9.17) is 24.1 Å². The maximum absolute atomic E-state index is 11.7. The van der Waals surface area contributed by atoms with Crippen molar-refractivity contribution >= 4 is 12.3 Å². The van der Waals surface area contributed by atoms with Crippen LogP contribution in [0.3, 0.4) is 0 Å². The molecule has 1 rings (SSSR count). The Kier molecular flexibility index (Phi) is 15.2. The Hall–Kier alpha value is -1.50. The molecular weight excluding hydrogens is 388 g/mol. The number of rotatable bonds is 16. The highest BCUT2D eigenvalue weighted by molar-refractivity contribution is 5.60. The van der Waals surface area contributed by atoms with Gasteiger partial charge in [-0.1, -0.05) is 65.2 Å². The molecule has 0 aliphatic heterocycles. The van der Waals surface area contributed by atoms with Crippen LogP contribution in [0.2, 0.25) is 0 Å². The zero-order valence-electron chi connectivity index (χ0n) is 18.9. The molecule has 0 bridgehead atoms. The molecule has 30 heavy (non-hydrogen) atoms. The third-order valence-corrected chi connectivity index (χ3v) is 5.38. The highest BCUT2D eigenvalue weighted by Gasteiger charge is 2.27. The maximum Gasteiger partial charge on any atom is 0.508 e. The molecule has 2 atom stereocenters. The number of carbonyl (C=O) groups is 2. The number of carbonyl (C=O) groups excluding carboxylic acids is 1. The topological polar surface area (TPSA) is 91.3 Å². The van der Waals surface area contributed by atoms with Crippen LogP contribution in [0.25, 0.3) is 0 Å². The minimum Gasteiger partial charge on any atom is -0.450 e. The summed E-state index contributed by atoms with van der Waals surface area (Å²) in [6, 6.07) is 0. The van der Waals surface area contributed by atoms with Gasteiger partial charge in [-0.25, -0.2) is 9.59 Å². The molecule has 0 spiro atoms. The molecule has 0 aromatic rings. The quantitative estimate of drug-likeness (QED) is 0.226. The summed E-state index contributed by atoms with van der Waals surface area (Å²) in [5.74, 6) is 0.825. The van der Waals surface area contributed by atoms with Crippen LogP contribution in [-0.2, 0) is 18.9 Å². The predicted octanol–water partition coefficient (Wildman–Crippen LogP) is 6.33. The summed E-state index contributed by atoms with van der Waals surface area (Å²) in [6.45, 7) is 5.78. The zero-order chi connectivity index (χ0) is 22.0. The van der Waals surface area contributed by atoms with Gasteiger partial charge >= 0.3 is 12.3 Å². The van der Waals surface area contributed by atoms with Gasteiger partial charge in [-0.3, -0.25) is 0 Å². The number of hydrogen-bond donors (Lipinski definition) is 1. The van der Waals surface area contributed by atoms with Crippen molar-refractivity contribution in [3.05, 3.63) is 0 Å². The van der Waals surface area contributed by atoms with Gasteiger partial charge < -0.3 is 24.1 Å². The molecule has 0 heterocycles. The highest BCUT2D eigenvalue weighted by atomic mass is 16.7. The first-order chi connectivity index (χ1) is 14.5. The predicted molar refractivity (Wildman–Crippen MR) is 115 cm³/mol. The van der Waals surface area contributed by atoms with Crippen LogP contribution in [0, 0.1) is 5.92 Å². The molecule has 0 saturated heterocycles. The van der Waals surface area contributed by atoms with Crippen molar-refractivity contribution in [3.8, 4) is 0 Å². The Balaban J connectivity index is 1.86. The summed E-state index contributed by atoms with van der Waals surface area (Å²) in [7, 11) is 0. The van der Waals surface area contributed by atoms with Crippen molar-refractivity contribution in [1.29, 1.82) is 0 Å². The lowest BCUT2D eigenvalue weighted by Gasteiger charge is -2.27. The minimum absolute atomic E-state index is 0.164. The molecule has 1 saturated carbocycles. The third kappa shape index (κ3) is 15.4. The van der Waals surface area contributed by atoms with Crippen LogP contribution >= 0.6 is 0 Å². The molecule has 1 N–H and O–H groups in total. The molecule has 2 unspecified atom stereocenters. The van der Waals surface area contributed by atoms with Gasteiger partial charge in [0.15, 0.2) is 0 Å². The number of hydrogen-bond acceptors (Lipinski definition) is 6. The molecule has 0 radical (unpaired) electrons. The van der Waals surface area contributed by atoms with E-state index in [0.717, 1.165) is 18.8 Å². The van der Waals surface area contributed by atoms with Crippen molar-refractivity contribution in [2.45, 2.75) is 110 Å². The monoisotopic (exact) mass is 430 g/mol. The van der Waals surface area contributed by atoms with E-state index in [1.807, 2.05) is 0 Å². The first-order valence-electron chi connectivity index (χ1n) is 11.8. The lowest BCUT2D eigenvalue weighted by atomic mass is 9.95. The normalized spacial score (nSPS) is 18.9. The van der Waals surface area contributed by atoms with Crippen LogP contribution < -0.4 is 0 Å². The smallest absolute Gasteiger partial charge is 0.450 e. The second kappa shape index (κ2) is 17.2. The van der Waals surface area contributed by atoms with Gasteiger partial charge in [-0.15, -0.1) is 0 Å². The second-order valence-corrected chi connectivity index (χ2v) is 8.63. The van der Waals surface area contributed by atoms with E-state index in [-0.39, 0.29) is 12.7 Å². The van der Waals surface area contributed by atoms with Crippen LogP contribution in [-0.4, -0.2) is 49.4 Å². The van der Waals surface area contributed by atoms with Gasteiger partial charge in [0.1, 0.15) is 18.8 Å². The van der Waals surface area contributed by atoms with Gasteiger partial charge in [0, 0.05) is 13.0 Å².